The molecule has 2 saturated heterocycles. The lowest BCUT2D eigenvalue weighted by Crippen LogP contribution is -2.43. The highest BCUT2D eigenvalue weighted by molar-refractivity contribution is 5.84. The van der Waals surface area contributed by atoms with E-state index in [-0.39, 0.29) is 30.3 Å². The van der Waals surface area contributed by atoms with E-state index < -0.39 is 0 Å². The molecular formula is C17H24N2O2. The van der Waals surface area contributed by atoms with E-state index in [1.165, 1.54) is 16.7 Å². The number of nitrogens with zero attached hydrogens (tertiary/aromatic N) is 1. The summed E-state index contributed by atoms with van der Waals surface area (Å²) in [6.45, 7) is 8.96. The summed E-state index contributed by atoms with van der Waals surface area (Å²) < 4.78 is 5.67. The first-order valence-corrected chi connectivity index (χ1v) is 7.76. The number of hydrogen-bond donors (Lipinski definition) is 1. The minimum absolute atomic E-state index is 0.0396. The Labute approximate surface area is 126 Å². The highest BCUT2D eigenvalue weighted by Crippen LogP contribution is 2.34. The van der Waals surface area contributed by atoms with Crippen LogP contribution in [-0.4, -0.2) is 35.6 Å². The van der Waals surface area contributed by atoms with E-state index in [1.54, 1.807) is 0 Å². The van der Waals surface area contributed by atoms with Crippen LogP contribution in [0.2, 0.25) is 0 Å². The number of ether oxygens (including phenoxy) is 1. The minimum Gasteiger partial charge on any atom is -0.376 e. The number of amides is 1. The Morgan fingerprint density at radius 3 is 2.67 bits per heavy atom. The van der Waals surface area contributed by atoms with Crippen molar-refractivity contribution in [3.05, 3.63) is 34.9 Å². The standard InChI is InChI=1S/C17H24N2O2/c1-10-5-6-14(11(2)9-10)16-18-12(3)17(20)19(16)15-7-8-21-13(15)4/h5-6,9,12-13,15-16,18H,7-8H2,1-4H3. The van der Waals surface area contributed by atoms with Gasteiger partial charge in [0.1, 0.15) is 6.17 Å². The molecule has 0 spiro atoms. The third-order valence-corrected chi connectivity index (χ3v) is 4.72. The Kier molecular flexibility index (Phi) is 3.76. The van der Waals surface area contributed by atoms with Gasteiger partial charge in [-0.15, -0.1) is 0 Å². The van der Waals surface area contributed by atoms with Crippen LogP contribution in [0.25, 0.3) is 0 Å². The first-order chi connectivity index (χ1) is 9.99. The van der Waals surface area contributed by atoms with E-state index in [1.807, 2.05) is 11.8 Å². The van der Waals surface area contributed by atoms with Crippen molar-refractivity contribution in [3.8, 4) is 0 Å². The van der Waals surface area contributed by atoms with Gasteiger partial charge in [0, 0.05) is 6.61 Å². The molecule has 0 bridgehead atoms. The summed E-state index contributed by atoms with van der Waals surface area (Å²) in [6, 6.07) is 6.46. The lowest BCUT2D eigenvalue weighted by molar-refractivity contribution is -0.133. The smallest absolute Gasteiger partial charge is 0.241 e. The average Bonchev–Trinajstić information content (AvgIpc) is 2.95. The van der Waals surface area contributed by atoms with E-state index in [2.05, 4.69) is 44.3 Å². The molecule has 1 amide bonds. The molecule has 1 aromatic carbocycles. The Bertz CT molecular complexity index is 558. The summed E-state index contributed by atoms with van der Waals surface area (Å²) in [5.74, 6) is 0.183. The largest absolute Gasteiger partial charge is 0.376 e. The number of aryl methyl sites for hydroxylation is 2. The average molecular weight is 288 g/mol. The first kappa shape index (κ1) is 14.5. The maximum Gasteiger partial charge on any atom is 0.241 e. The Morgan fingerprint density at radius 1 is 1.29 bits per heavy atom. The maximum atomic E-state index is 12.6. The molecule has 114 valence electrons. The molecule has 1 N–H and O–H groups in total. The van der Waals surface area contributed by atoms with Crippen molar-refractivity contribution in [1.82, 2.24) is 10.2 Å². The number of benzene rings is 1. The second-order valence-corrected chi connectivity index (χ2v) is 6.33. The summed E-state index contributed by atoms with van der Waals surface area (Å²) in [5.41, 5.74) is 3.67. The van der Waals surface area contributed by atoms with E-state index >= 15 is 0 Å². The van der Waals surface area contributed by atoms with Crippen molar-refractivity contribution in [2.75, 3.05) is 6.61 Å². The van der Waals surface area contributed by atoms with E-state index in [4.69, 9.17) is 4.74 Å². The van der Waals surface area contributed by atoms with Crippen LogP contribution >= 0.6 is 0 Å². The predicted molar refractivity (Wildman–Crippen MR) is 81.9 cm³/mol. The summed E-state index contributed by atoms with van der Waals surface area (Å²) >= 11 is 0. The van der Waals surface area contributed by atoms with Gasteiger partial charge < -0.3 is 9.64 Å². The highest BCUT2D eigenvalue weighted by Gasteiger charge is 2.44. The molecule has 2 aliphatic heterocycles. The van der Waals surface area contributed by atoms with Gasteiger partial charge >= 0.3 is 0 Å². The van der Waals surface area contributed by atoms with Crippen LogP contribution in [0, 0.1) is 13.8 Å². The van der Waals surface area contributed by atoms with Gasteiger partial charge in [-0.1, -0.05) is 23.8 Å². The number of nitrogens with one attached hydrogen (secondary N) is 1. The topological polar surface area (TPSA) is 41.6 Å². The van der Waals surface area contributed by atoms with Crippen molar-refractivity contribution in [2.45, 2.75) is 58.5 Å². The van der Waals surface area contributed by atoms with Gasteiger partial charge in [0.05, 0.1) is 18.2 Å². The number of rotatable bonds is 2. The molecule has 4 atom stereocenters. The zero-order valence-electron chi connectivity index (χ0n) is 13.2. The van der Waals surface area contributed by atoms with E-state index in [0.717, 1.165) is 13.0 Å². The normalized spacial score (nSPS) is 33.0. The zero-order chi connectivity index (χ0) is 15.1. The Hall–Kier alpha value is -1.39. The SMILES string of the molecule is Cc1ccc(C2NC(C)C(=O)N2C2CCOC2C)c(C)c1. The van der Waals surface area contributed by atoms with Crippen LogP contribution in [0.3, 0.4) is 0 Å². The zero-order valence-corrected chi connectivity index (χ0v) is 13.2. The molecule has 4 heteroatoms. The van der Waals surface area contributed by atoms with Crippen molar-refractivity contribution in [1.29, 1.82) is 0 Å². The number of hydrogen-bond acceptors (Lipinski definition) is 3. The number of carbonyl (C=O) groups is 1. The molecule has 2 aliphatic rings. The predicted octanol–water partition coefficient (Wildman–Crippen LogP) is 2.30. The fourth-order valence-corrected chi connectivity index (χ4v) is 3.55. The second kappa shape index (κ2) is 5.43. The summed E-state index contributed by atoms with van der Waals surface area (Å²) in [7, 11) is 0. The summed E-state index contributed by atoms with van der Waals surface area (Å²) in [5, 5.41) is 3.45. The van der Waals surface area contributed by atoms with Crippen molar-refractivity contribution < 1.29 is 9.53 Å². The van der Waals surface area contributed by atoms with Gasteiger partial charge in [0.15, 0.2) is 0 Å². The van der Waals surface area contributed by atoms with Crippen molar-refractivity contribution in [2.24, 2.45) is 0 Å². The molecule has 3 rings (SSSR count). The molecule has 2 heterocycles. The molecule has 0 aromatic heterocycles. The quantitative estimate of drug-likeness (QED) is 0.908. The minimum atomic E-state index is -0.136. The molecule has 0 aliphatic carbocycles. The lowest BCUT2D eigenvalue weighted by Gasteiger charge is -2.32. The summed E-state index contributed by atoms with van der Waals surface area (Å²) in [4.78, 5) is 14.6. The molecule has 2 fully saturated rings. The molecule has 0 radical (unpaired) electrons. The summed E-state index contributed by atoms with van der Waals surface area (Å²) in [6.07, 6.45) is 0.986. The van der Waals surface area contributed by atoms with Gasteiger partial charge in [-0.25, -0.2) is 0 Å². The Balaban J connectivity index is 1.97. The van der Waals surface area contributed by atoms with Gasteiger partial charge in [-0.3, -0.25) is 10.1 Å². The van der Waals surface area contributed by atoms with Crippen LogP contribution in [0.1, 0.15) is 43.1 Å². The van der Waals surface area contributed by atoms with Gasteiger partial charge in [0.2, 0.25) is 5.91 Å². The van der Waals surface area contributed by atoms with Gasteiger partial charge in [-0.2, -0.15) is 0 Å². The van der Waals surface area contributed by atoms with Gasteiger partial charge in [-0.05, 0) is 45.2 Å². The first-order valence-electron chi connectivity index (χ1n) is 7.76. The fraction of sp³-hybridized carbons (Fsp3) is 0.588. The van der Waals surface area contributed by atoms with E-state index in [9.17, 15) is 4.79 Å². The molecule has 21 heavy (non-hydrogen) atoms. The monoisotopic (exact) mass is 288 g/mol. The van der Waals surface area contributed by atoms with Gasteiger partial charge in [0.25, 0.3) is 0 Å². The maximum absolute atomic E-state index is 12.6. The van der Waals surface area contributed by atoms with Crippen LogP contribution in [0.5, 0.6) is 0 Å². The molecule has 4 nitrogen and oxygen atoms in total. The molecular weight excluding hydrogens is 264 g/mol. The number of carbonyl (C=O) groups excluding carboxylic acids is 1. The van der Waals surface area contributed by atoms with Crippen LogP contribution < -0.4 is 5.32 Å². The van der Waals surface area contributed by atoms with Crippen LogP contribution in [-0.2, 0) is 9.53 Å². The van der Waals surface area contributed by atoms with Crippen LogP contribution in [0.4, 0.5) is 0 Å². The van der Waals surface area contributed by atoms with Crippen LogP contribution in [0.15, 0.2) is 18.2 Å². The molecule has 0 saturated carbocycles. The Morgan fingerprint density at radius 2 is 2.05 bits per heavy atom. The molecule has 1 aromatic rings. The third kappa shape index (κ3) is 2.47. The lowest BCUT2D eigenvalue weighted by atomic mass is 10.0. The van der Waals surface area contributed by atoms with E-state index in [0.29, 0.717) is 0 Å². The molecule has 4 unspecified atom stereocenters. The second-order valence-electron chi connectivity index (χ2n) is 6.33. The third-order valence-electron chi connectivity index (χ3n) is 4.72. The van der Waals surface area contributed by atoms with Crippen molar-refractivity contribution >= 4 is 5.91 Å². The fourth-order valence-electron chi connectivity index (χ4n) is 3.55. The highest BCUT2D eigenvalue weighted by atomic mass is 16.5. The van der Waals surface area contributed by atoms with Crippen molar-refractivity contribution in [3.63, 3.8) is 0 Å².